The molecule has 0 aromatic carbocycles. The molecule has 0 N–H and O–H groups in total. The van der Waals surface area contributed by atoms with E-state index in [1.807, 2.05) is 24.4 Å². The molecule has 2 aliphatic rings. The highest BCUT2D eigenvalue weighted by atomic mass is 16.1. The van der Waals surface area contributed by atoms with E-state index in [-0.39, 0.29) is 5.56 Å². The van der Waals surface area contributed by atoms with Crippen LogP contribution in [0, 0.1) is 0 Å². The molecule has 0 radical (unpaired) electrons. The lowest BCUT2D eigenvalue weighted by Gasteiger charge is -2.35. The summed E-state index contributed by atoms with van der Waals surface area (Å²) in [6.45, 7) is 5.12. The van der Waals surface area contributed by atoms with E-state index in [9.17, 15) is 4.79 Å². The molecule has 1 aliphatic carbocycles. The van der Waals surface area contributed by atoms with Crippen molar-refractivity contribution in [1.29, 1.82) is 0 Å². The van der Waals surface area contributed by atoms with Gasteiger partial charge in [-0.1, -0.05) is 6.42 Å². The molecule has 1 aliphatic heterocycles. The summed E-state index contributed by atoms with van der Waals surface area (Å²) in [5.74, 6) is 2.60. The second-order valence-corrected chi connectivity index (χ2v) is 8.25. The maximum Gasteiger partial charge on any atom is 0.266 e. The van der Waals surface area contributed by atoms with Crippen LogP contribution in [0.5, 0.6) is 0 Å². The van der Waals surface area contributed by atoms with Crippen LogP contribution in [0.25, 0.3) is 11.3 Å². The molecule has 4 heterocycles. The molecule has 0 bridgehead atoms. The topological polar surface area (TPSA) is 80.0 Å². The Morgan fingerprint density at radius 3 is 2.58 bits per heavy atom. The van der Waals surface area contributed by atoms with Gasteiger partial charge in [0.25, 0.3) is 5.56 Å². The van der Waals surface area contributed by atoms with Gasteiger partial charge in [0.2, 0.25) is 0 Å². The van der Waals surface area contributed by atoms with Crippen LogP contribution < -0.4 is 10.5 Å². The fraction of sp³-hybridized carbons (Fsp3) is 0.435. The summed E-state index contributed by atoms with van der Waals surface area (Å²) in [6, 6.07) is 9.19. The summed E-state index contributed by atoms with van der Waals surface area (Å²) in [7, 11) is 0. The van der Waals surface area contributed by atoms with Crippen molar-refractivity contribution in [2.24, 2.45) is 0 Å². The van der Waals surface area contributed by atoms with Crippen molar-refractivity contribution < 1.29 is 0 Å². The number of rotatable bonds is 6. The van der Waals surface area contributed by atoms with Gasteiger partial charge in [0.05, 0.1) is 12.2 Å². The van der Waals surface area contributed by atoms with Crippen LogP contribution in [-0.2, 0) is 6.54 Å². The first-order valence-electron chi connectivity index (χ1n) is 11.0. The molecule has 8 heteroatoms. The van der Waals surface area contributed by atoms with Crippen LogP contribution in [0.2, 0.25) is 0 Å². The Bertz CT molecular complexity index is 1070. The largest absolute Gasteiger partial charge is 0.354 e. The normalized spacial score (nSPS) is 17.5. The third-order valence-corrected chi connectivity index (χ3v) is 6.28. The second kappa shape index (κ2) is 8.93. The molecule has 31 heavy (non-hydrogen) atoms. The van der Waals surface area contributed by atoms with Crippen molar-refractivity contribution in [1.82, 2.24) is 29.6 Å². The minimum atomic E-state index is -0.0733. The van der Waals surface area contributed by atoms with Gasteiger partial charge in [0, 0.05) is 68.9 Å². The van der Waals surface area contributed by atoms with Crippen LogP contribution in [0.15, 0.2) is 53.7 Å². The van der Waals surface area contributed by atoms with Crippen molar-refractivity contribution in [3.05, 3.63) is 65.1 Å². The molecule has 0 unspecified atom stereocenters. The van der Waals surface area contributed by atoms with E-state index < -0.39 is 0 Å². The molecule has 8 nitrogen and oxygen atoms in total. The Kier molecular flexibility index (Phi) is 5.71. The zero-order valence-electron chi connectivity index (χ0n) is 17.6. The van der Waals surface area contributed by atoms with Gasteiger partial charge in [-0.25, -0.2) is 14.6 Å². The number of hydrogen-bond acceptors (Lipinski definition) is 7. The number of nitrogens with zero attached hydrogens (tertiary/aromatic N) is 7. The van der Waals surface area contributed by atoms with Crippen LogP contribution in [0.1, 0.15) is 31.0 Å². The molecule has 0 amide bonds. The van der Waals surface area contributed by atoms with Gasteiger partial charge >= 0.3 is 0 Å². The number of hydrogen-bond donors (Lipinski definition) is 0. The number of aromatic nitrogens is 5. The summed E-state index contributed by atoms with van der Waals surface area (Å²) in [6.07, 6.45) is 9.11. The average Bonchev–Trinajstić information content (AvgIpc) is 2.79. The van der Waals surface area contributed by atoms with E-state index in [4.69, 9.17) is 4.98 Å². The summed E-state index contributed by atoms with van der Waals surface area (Å²) in [5, 5.41) is 4.54. The van der Waals surface area contributed by atoms with Crippen molar-refractivity contribution in [2.75, 3.05) is 37.6 Å². The average molecular weight is 418 g/mol. The maximum absolute atomic E-state index is 12.3. The minimum Gasteiger partial charge on any atom is -0.354 e. The van der Waals surface area contributed by atoms with Gasteiger partial charge in [-0.2, -0.15) is 5.10 Å². The van der Waals surface area contributed by atoms with Crippen LogP contribution in [-0.4, -0.2) is 62.4 Å². The van der Waals surface area contributed by atoms with E-state index in [1.54, 1.807) is 29.2 Å². The molecule has 5 rings (SSSR count). The molecule has 3 aromatic rings. The molecular weight excluding hydrogens is 390 g/mol. The number of pyridine rings is 1. The molecule has 1 saturated heterocycles. The highest BCUT2D eigenvalue weighted by Gasteiger charge is 2.24. The van der Waals surface area contributed by atoms with E-state index >= 15 is 0 Å². The van der Waals surface area contributed by atoms with Gasteiger partial charge in [-0.15, -0.1) is 0 Å². The first kappa shape index (κ1) is 19.8. The minimum absolute atomic E-state index is 0.0733. The Morgan fingerprint density at radius 2 is 1.84 bits per heavy atom. The number of piperazine rings is 1. The van der Waals surface area contributed by atoms with Crippen molar-refractivity contribution in [3.63, 3.8) is 0 Å². The van der Waals surface area contributed by atoms with Gasteiger partial charge in [0.15, 0.2) is 0 Å². The summed E-state index contributed by atoms with van der Waals surface area (Å²) >= 11 is 0. The first-order valence-corrected chi connectivity index (χ1v) is 11.0. The lowest BCUT2D eigenvalue weighted by molar-refractivity contribution is 0.242. The molecule has 0 spiro atoms. The Morgan fingerprint density at radius 1 is 0.968 bits per heavy atom. The van der Waals surface area contributed by atoms with Gasteiger partial charge < -0.3 is 4.90 Å². The van der Waals surface area contributed by atoms with Crippen molar-refractivity contribution >= 4 is 5.82 Å². The molecule has 0 atom stereocenters. The Labute approximate surface area is 181 Å². The highest BCUT2D eigenvalue weighted by Crippen LogP contribution is 2.34. The van der Waals surface area contributed by atoms with Gasteiger partial charge in [-0.3, -0.25) is 14.7 Å². The third kappa shape index (κ3) is 4.49. The van der Waals surface area contributed by atoms with E-state index in [2.05, 4.69) is 24.9 Å². The van der Waals surface area contributed by atoms with E-state index in [0.29, 0.717) is 12.5 Å². The zero-order valence-corrected chi connectivity index (χ0v) is 17.6. The fourth-order valence-corrected chi connectivity index (χ4v) is 4.12. The molecule has 3 aromatic heterocycles. The highest BCUT2D eigenvalue weighted by molar-refractivity contribution is 5.56. The van der Waals surface area contributed by atoms with Crippen LogP contribution in [0.4, 0.5) is 5.82 Å². The van der Waals surface area contributed by atoms with Crippen LogP contribution >= 0.6 is 0 Å². The maximum atomic E-state index is 12.3. The van der Waals surface area contributed by atoms with Crippen molar-refractivity contribution in [2.45, 2.75) is 31.7 Å². The van der Waals surface area contributed by atoms with Crippen molar-refractivity contribution in [3.8, 4) is 11.3 Å². The molecule has 160 valence electrons. The predicted molar refractivity (Wildman–Crippen MR) is 119 cm³/mol. The second-order valence-electron chi connectivity index (χ2n) is 8.25. The quantitative estimate of drug-likeness (QED) is 0.608. The lowest BCUT2D eigenvalue weighted by atomic mass is 9.85. The zero-order chi connectivity index (χ0) is 21.0. The monoisotopic (exact) mass is 417 g/mol. The van der Waals surface area contributed by atoms with Gasteiger partial charge in [0.1, 0.15) is 11.6 Å². The lowest BCUT2D eigenvalue weighted by Crippen LogP contribution is -2.48. The summed E-state index contributed by atoms with van der Waals surface area (Å²) in [5.41, 5.74) is 1.61. The SMILES string of the molecule is O=c1ccc(-c2cccnc2)nn1CCN1CCN(c2ccnc(C3CCC3)n2)CC1. The number of anilines is 1. The van der Waals surface area contributed by atoms with E-state index in [1.165, 1.54) is 19.3 Å². The van der Waals surface area contributed by atoms with Gasteiger partial charge in [-0.05, 0) is 37.1 Å². The molecule has 2 fully saturated rings. The summed E-state index contributed by atoms with van der Waals surface area (Å²) < 4.78 is 1.56. The predicted octanol–water partition coefficient (Wildman–Crippen LogP) is 2.18. The van der Waals surface area contributed by atoms with E-state index in [0.717, 1.165) is 55.6 Å². The standard InChI is InChI=1S/C23H27N7O/c31-22-7-6-20(19-5-2-9-24-17-19)27-30(22)16-13-28-11-14-29(15-12-28)21-8-10-25-23(26-21)18-3-1-4-18/h2,5-10,17-18H,1,3-4,11-16H2. The molecular formula is C23H27N7O. The Balaban J connectivity index is 1.18. The summed E-state index contributed by atoms with van der Waals surface area (Å²) in [4.78, 5) is 30.4. The molecule has 1 saturated carbocycles. The van der Waals surface area contributed by atoms with Crippen LogP contribution in [0.3, 0.4) is 0 Å². The fourth-order valence-electron chi connectivity index (χ4n) is 4.12. The smallest absolute Gasteiger partial charge is 0.266 e. The Hall–Kier alpha value is -3.13. The first-order chi connectivity index (χ1) is 15.3. The third-order valence-electron chi connectivity index (χ3n) is 6.28.